The summed E-state index contributed by atoms with van der Waals surface area (Å²) >= 11 is 1.41. The highest BCUT2D eigenvalue weighted by Gasteiger charge is 2.23. The fourth-order valence-corrected chi connectivity index (χ4v) is 3.85. The number of para-hydroxylation sites is 1. The van der Waals surface area contributed by atoms with Crippen molar-refractivity contribution in [2.75, 3.05) is 16.4 Å². The molecule has 152 valence electrons. The quantitative estimate of drug-likeness (QED) is 0.714. The lowest BCUT2D eigenvalue weighted by Gasteiger charge is -2.20. The molecule has 1 aliphatic rings. The number of thioether (sulfide) groups is 1. The smallest absolute Gasteiger partial charge is 0.338 e. The highest BCUT2D eigenvalue weighted by Crippen LogP contribution is 2.32. The first-order valence-corrected chi connectivity index (χ1v) is 10.4. The maximum Gasteiger partial charge on any atom is 0.338 e. The Kier molecular flexibility index (Phi) is 6.27. The van der Waals surface area contributed by atoms with Crippen LogP contribution in [0.1, 0.15) is 48.2 Å². The van der Waals surface area contributed by atoms with Gasteiger partial charge in [0.25, 0.3) is 5.91 Å². The first-order valence-electron chi connectivity index (χ1n) is 9.44. The van der Waals surface area contributed by atoms with Gasteiger partial charge >= 0.3 is 5.97 Å². The zero-order valence-corrected chi connectivity index (χ0v) is 17.7. The molecular weight excluding hydrogens is 388 g/mol. The monoisotopic (exact) mass is 412 g/mol. The lowest BCUT2D eigenvalue weighted by molar-refractivity contribution is -0.123. The fraction of sp³-hybridized carbons (Fsp3) is 0.318. The Bertz CT molecular complexity index is 971. The summed E-state index contributed by atoms with van der Waals surface area (Å²) < 4.78 is 5.36. The number of carbonyl (C=O) groups is 3. The van der Waals surface area contributed by atoms with Crippen LogP contribution in [0.15, 0.2) is 41.3 Å². The van der Waals surface area contributed by atoms with Gasteiger partial charge < -0.3 is 15.4 Å². The number of fused-ring (bicyclic) bond motifs is 1. The van der Waals surface area contributed by atoms with Crippen LogP contribution in [-0.4, -0.2) is 29.6 Å². The molecule has 2 aromatic rings. The Hall–Kier alpha value is -2.80. The lowest BCUT2D eigenvalue weighted by atomic mass is 9.98. The summed E-state index contributed by atoms with van der Waals surface area (Å²) in [5.74, 6) is -0.525. The molecule has 2 aromatic carbocycles. The van der Waals surface area contributed by atoms with Crippen LogP contribution in [0.2, 0.25) is 0 Å². The summed E-state index contributed by atoms with van der Waals surface area (Å²) in [4.78, 5) is 37.6. The average Bonchev–Trinajstić information content (AvgIpc) is 2.68. The number of benzene rings is 2. The normalized spacial score (nSPS) is 14.0. The summed E-state index contributed by atoms with van der Waals surface area (Å²) in [6.07, 6.45) is -0.970. The third-order valence-corrected chi connectivity index (χ3v) is 5.75. The van der Waals surface area contributed by atoms with Crippen LogP contribution < -0.4 is 10.6 Å². The van der Waals surface area contributed by atoms with Gasteiger partial charge in [0, 0.05) is 10.6 Å². The van der Waals surface area contributed by atoms with Crippen molar-refractivity contribution >= 4 is 40.9 Å². The van der Waals surface area contributed by atoms with Crippen LogP contribution in [-0.2, 0) is 14.3 Å². The molecule has 2 amide bonds. The van der Waals surface area contributed by atoms with Crippen LogP contribution in [0, 0.1) is 6.92 Å². The molecule has 0 aromatic heterocycles. The minimum atomic E-state index is -0.970. The maximum absolute atomic E-state index is 12.6. The Morgan fingerprint density at radius 1 is 1.17 bits per heavy atom. The van der Waals surface area contributed by atoms with Crippen molar-refractivity contribution in [3.05, 3.63) is 53.1 Å². The zero-order chi connectivity index (χ0) is 21.1. The summed E-state index contributed by atoms with van der Waals surface area (Å²) in [5, 5.41) is 5.64. The minimum Gasteiger partial charge on any atom is -0.449 e. The van der Waals surface area contributed by atoms with Gasteiger partial charge in [-0.15, -0.1) is 11.8 Å². The summed E-state index contributed by atoms with van der Waals surface area (Å²) in [6, 6.07) is 10.8. The second-order valence-corrected chi connectivity index (χ2v) is 8.30. The van der Waals surface area contributed by atoms with Gasteiger partial charge in [0.15, 0.2) is 6.10 Å². The molecular formula is C22H24N2O4S. The second-order valence-electron chi connectivity index (χ2n) is 7.28. The van der Waals surface area contributed by atoms with E-state index in [2.05, 4.69) is 24.5 Å². The molecule has 1 atom stereocenters. The van der Waals surface area contributed by atoms with Crippen LogP contribution >= 0.6 is 11.8 Å². The van der Waals surface area contributed by atoms with Crippen LogP contribution in [0.4, 0.5) is 11.4 Å². The fourth-order valence-electron chi connectivity index (χ4n) is 3.06. The van der Waals surface area contributed by atoms with E-state index in [1.165, 1.54) is 18.7 Å². The predicted octanol–water partition coefficient (Wildman–Crippen LogP) is 4.35. The minimum absolute atomic E-state index is 0.111. The number of carbonyl (C=O) groups excluding carboxylic acids is 3. The van der Waals surface area contributed by atoms with E-state index in [1.807, 2.05) is 25.1 Å². The molecule has 0 bridgehead atoms. The summed E-state index contributed by atoms with van der Waals surface area (Å²) in [7, 11) is 0. The molecule has 7 heteroatoms. The molecule has 6 nitrogen and oxygen atoms in total. The predicted molar refractivity (Wildman–Crippen MR) is 115 cm³/mol. The number of ether oxygens (including phenoxy) is 1. The van der Waals surface area contributed by atoms with Crippen molar-refractivity contribution < 1.29 is 19.1 Å². The highest BCUT2D eigenvalue weighted by atomic mass is 32.2. The molecule has 29 heavy (non-hydrogen) atoms. The zero-order valence-electron chi connectivity index (χ0n) is 16.9. The Labute approximate surface area is 174 Å². The summed E-state index contributed by atoms with van der Waals surface area (Å²) in [5.41, 5.74) is 3.60. The van der Waals surface area contributed by atoms with E-state index in [1.54, 1.807) is 18.2 Å². The van der Waals surface area contributed by atoms with E-state index in [0.717, 1.165) is 21.7 Å². The molecule has 3 rings (SSSR count). The second kappa shape index (κ2) is 8.69. The Morgan fingerprint density at radius 3 is 2.66 bits per heavy atom. The van der Waals surface area contributed by atoms with E-state index in [-0.39, 0.29) is 17.4 Å². The largest absolute Gasteiger partial charge is 0.449 e. The highest BCUT2D eigenvalue weighted by molar-refractivity contribution is 8.00. The molecule has 0 radical (unpaired) electrons. The van der Waals surface area contributed by atoms with Gasteiger partial charge in [-0.3, -0.25) is 9.59 Å². The first-order chi connectivity index (χ1) is 13.8. The van der Waals surface area contributed by atoms with Gasteiger partial charge in [0.2, 0.25) is 5.91 Å². The van der Waals surface area contributed by atoms with Gasteiger partial charge in [0.05, 0.1) is 17.0 Å². The average molecular weight is 413 g/mol. The number of aryl methyl sites for hydroxylation is 1. The number of anilines is 2. The number of hydrogen-bond acceptors (Lipinski definition) is 5. The van der Waals surface area contributed by atoms with Crippen molar-refractivity contribution in [2.24, 2.45) is 0 Å². The molecule has 0 saturated carbocycles. The van der Waals surface area contributed by atoms with Crippen LogP contribution in [0.25, 0.3) is 0 Å². The Balaban J connectivity index is 1.70. The lowest BCUT2D eigenvalue weighted by Crippen LogP contribution is -2.30. The molecule has 0 saturated heterocycles. The molecule has 0 spiro atoms. The van der Waals surface area contributed by atoms with E-state index in [4.69, 9.17) is 4.74 Å². The summed E-state index contributed by atoms with van der Waals surface area (Å²) in [6.45, 7) is 7.58. The van der Waals surface area contributed by atoms with Crippen LogP contribution in [0.5, 0.6) is 0 Å². The maximum atomic E-state index is 12.6. The molecule has 0 aliphatic carbocycles. The van der Waals surface area contributed by atoms with Crippen LogP contribution in [0.3, 0.4) is 0 Å². The number of esters is 1. The molecule has 1 heterocycles. The number of rotatable bonds is 5. The van der Waals surface area contributed by atoms with Crippen molar-refractivity contribution in [3.8, 4) is 0 Å². The van der Waals surface area contributed by atoms with E-state index >= 15 is 0 Å². The van der Waals surface area contributed by atoms with Crippen molar-refractivity contribution in [3.63, 3.8) is 0 Å². The SMILES string of the molecule is Cc1cccc(C(C)C)c1NC(=O)C(C)OC(=O)c1ccc2c(c1)NC(=O)CS2. The van der Waals surface area contributed by atoms with Gasteiger partial charge in [-0.2, -0.15) is 0 Å². The molecule has 1 aliphatic heterocycles. The van der Waals surface area contributed by atoms with Gasteiger partial charge in [-0.05, 0) is 49.1 Å². The van der Waals surface area contributed by atoms with Crippen molar-refractivity contribution in [1.29, 1.82) is 0 Å². The van der Waals surface area contributed by atoms with E-state index < -0.39 is 18.0 Å². The standard InChI is InChI=1S/C22H24N2O4S/c1-12(2)16-7-5-6-13(3)20(16)24-21(26)14(4)28-22(27)15-8-9-18-17(10-15)23-19(25)11-29-18/h5-10,12,14H,11H2,1-4H3,(H,23,25)(H,24,26). The third kappa shape index (κ3) is 4.79. The molecule has 2 N–H and O–H groups in total. The third-order valence-electron chi connectivity index (χ3n) is 4.68. The molecule has 1 unspecified atom stereocenters. The topological polar surface area (TPSA) is 84.5 Å². The number of nitrogens with one attached hydrogen (secondary N) is 2. The number of hydrogen-bond donors (Lipinski definition) is 2. The van der Waals surface area contributed by atoms with Crippen molar-refractivity contribution in [2.45, 2.75) is 44.6 Å². The molecule has 0 fully saturated rings. The van der Waals surface area contributed by atoms with E-state index in [0.29, 0.717) is 11.4 Å². The van der Waals surface area contributed by atoms with E-state index in [9.17, 15) is 14.4 Å². The Morgan fingerprint density at radius 2 is 1.93 bits per heavy atom. The first kappa shape index (κ1) is 20.9. The number of amides is 2. The van der Waals surface area contributed by atoms with Crippen molar-refractivity contribution in [1.82, 2.24) is 0 Å². The van der Waals surface area contributed by atoms with Gasteiger partial charge in [-0.1, -0.05) is 32.0 Å². The van der Waals surface area contributed by atoms with Gasteiger partial charge in [-0.25, -0.2) is 4.79 Å². The van der Waals surface area contributed by atoms with Gasteiger partial charge in [0.1, 0.15) is 0 Å².